The molecule has 2 aliphatic heterocycles. The van der Waals surface area contributed by atoms with Crippen molar-refractivity contribution in [2.45, 2.75) is 38.8 Å². The zero-order chi connectivity index (χ0) is 19.6. The first kappa shape index (κ1) is 19.9. The average Bonchev–Trinajstić information content (AvgIpc) is 3.15. The van der Waals surface area contributed by atoms with Crippen molar-refractivity contribution in [1.29, 1.82) is 0 Å². The molecular weight excluding hydrogens is 372 g/mol. The van der Waals surface area contributed by atoms with E-state index in [9.17, 15) is 13.2 Å². The standard InChI is InChI=1S/C18H26N2O6S/c1-4-12-6-8-26-17(12)18(21)19-27(22,23)20-7-5-13-9-15(24-2)16(25-3)10-14(13)11-20/h9-10,12,17H,4-8,11H2,1-3H3,(H,19,21)/t12-,17+/m1/s1. The van der Waals surface area contributed by atoms with Crippen LogP contribution in [0.4, 0.5) is 0 Å². The number of amides is 1. The van der Waals surface area contributed by atoms with Crippen molar-refractivity contribution in [1.82, 2.24) is 9.03 Å². The minimum absolute atomic E-state index is 0.0546. The predicted molar refractivity (Wildman–Crippen MR) is 98.9 cm³/mol. The summed E-state index contributed by atoms with van der Waals surface area (Å²) in [5, 5.41) is 0. The van der Waals surface area contributed by atoms with Crippen LogP contribution in [0, 0.1) is 5.92 Å². The van der Waals surface area contributed by atoms with Crippen LogP contribution >= 0.6 is 0 Å². The van der Waals surface area contributed by atoms with Gasteiger partial charge in [-0.15, -0.1) is 0 Å². The third kappa shape index (κ3) is 4.04. The largest absolute Gasteiger partial charge is 0.493 e. The predicted octanol–water partition coefficient (Wildman–Crippen LogP) is 1.24. The summed E-state index contributed by atoms with van der Waals surface area (Å²) in [4.78, 5) is 12.4. The number of nitrogens with zero attached hydrogens (tertiary/aromatic N) is 1. The van der Waals surface area contributed by atoms with E-state index < -0.39 is 22.2 Å². The van der Waals surface area contributed by atoms with Crippen LogP contribution in [0.3, 0.4) is 0 Å². The second kappa shape index (κ2) is 8.04. The van der Waals surface area contributed by atoms with Gasteiger partial charge in [-0.05, 0) is 42.0 Å². The number of carbonyl (C=O) groups excluding carboxylic acids is 1. The molecule has 2 atom stereocenters. The highest BCUT2D eigenvalue weighted by Gasteiger charge is 2.37. The molecule has 0 radical (unpaired) electrons. The smallest absolute Gasteiger partial charge is 0.304 e. The summed E-state index contributed by atoms with van der Waals surface area (Å²) in [6.45, 7) is 2.90. The van der Waals surface area contributed by atoms with Crippen molar-refractivity contribution < 1.29 is 27.4 Å². The van der Waals surface area contributed by atoms with Gasteiger partial charge in [0.05, 0.1) is 14.2 Å². The van der Waals surface area contributed by atoms with E-state index in [0.717, 1.165) is 24.0 Å². The molecule has 0 spiro atoms. The maximum atomic E-state index is 12.7. The number of hydrogen-bond acceptors (Lipinski definition) is 6. The summed E-state index contributed by atoms with van der Waals surface area (Å²) in [5.41, 5.74) is 1.84. The Morgan fingerprint density at radius 2 is 1.93 bits per heavy atom. The van der Waals surface area contributed by atoms with E-state index in [0.29, 0.717) is 24.5 Å². The van der Waals surface area contributed by atoms with Crippen molar-refractivity contribution in [2.75, 3.05) is 27.4 Å². The summed E-state index contributed by atoms with van der Waals surface area (Å²) in [6, 6.07) is 3.65. The van der Waals surface area contributed by atoms with Crippen molar-refractivity contribution >= 4 is 16.1 Å². The molecule has 1 aromatic carbocycles. The zero-order valence-corrected chi connectivity index (χ0v) is 16.7. The minimum Gasteiger partial charge on any atom is -0.493 e. The molecule has 1 N–H and O–H groups in total. The molecule has 1 fully saturated rings. The fourth-order valence-corrected chi connectivity index (χ4v) is 4.79. The summed E-state index contributed by atoms with van der Waals surface area (Å²) < 4.78 is 44.9. The molecule has 0 unspecified atom stereocenters. The quantitative estimate of drug-likeness (QED) is 0.775. The average molecular weight is 398 g/mol. The second-order valence-electron chi connectivity index (χ2n) is 6.78. The van der Waals surface area contributed by atoms with Crippen LogP contribution in [-0.4, -0.2) is 52.1 Å². The minimum atomic E-state index is -3.95. The van der Waals surface area contributed by atoms with E-state index in [-0.39, 0.29) is 19.0 Å². The van der Waals surface area contributed by atoms with Gasteiger partial charge in [-0.1, -0.05) is 13.3 Å². The molecule has 0 aromatic heterocycles. The Morgan fingerprint density at radius 3 is 2.56 bits per heavy atom. The fraction of sp³-hybridized carbons (Fsp3) is 0.611. The van der Waals surface area contributed by atoms with Gasteiger partial charge in [0.1, 0.15) is 6.10 Å². The fourth-order valence-electron chi connectivity index (χ4n) is 3.65. The van der Waals surface area contributed by atoms with Gasteiger partial charge in [0, 0.05) is 19.7 Å². The zero-order valence-electron chi connectivity index (χ0n) is 15.9. The third-order valence-electron chi connectivity index (χ3n) is 5.25. The molecule has 2 heterocycles. The molecule has 0 bridgehead atoms. The maximum absolute atomic E-state index is 12.7. The van der Waals surface area contributed by atoms with E-state index in [1.807, 2.05) is 13.0 Å². The molecular formula is C18H26N2O6S. The first-order valence-electron chi connectivity index (χ1n) is 9.06. The first-order chi connectivity index (χ1) is 12.9. The highest BCUT2D eigenvalue weighted by Crippen LogP contribution is 2.33. The van der Waals surface area contributed by atoms with Crippen LogP contribution in [0.2, 0.25) is 0 Å². The van der Waals surface area contributed by atoms with Crippen molar-refractivity contribution in [3.8, 4) is 11.5 Å². The maximum Gasteiger partial charge on any atom is 0.304 e. The lowest BCUT2D eigenvalue weighted by atomic mass is 9.98. The number of rotatable bonds is 6. The molecule has 1 saturated heterocycles. The summed E-state index contributed by atoms with van der Waals surface area (Å²) >= 11 is 0. The number of methoxy groups -OCH3 is 2. The van der Waals surface area contributed by atoms with Gasteiger partial charge in [-0.2, -0.15) is 12.7 Å². The highest BCUT2D eigenvalue weighted by atomic mass is 32.2. The summed E-state index contributed by atoms with van der Waals surface area (Å²) in [7, 11) is -0.849. The molecule has 2 aliphatic rings. The summed E-state index contributed by atoms with van der Waals surface area (Å²) in [6.07, 6.45) is 1.37. The van der Waals surface area contributed by atoms with E-state index >= 15 is 0 Å². The molecule has 0 saturated carbocycles. The van der Waals surface area contributed by atoms with Gasteiger partial charge in [0.15, 0.2) is 11.5 Å². The number of carbonyl (C=O) groups is 1. The van der Waals surface area contributed by atoms with E-state index in [1.165, 1.54) is 11.4 Å². The van der Waals surface area contributed by atoms with Crippen LogP contribution in [0.5, 0.6) is 11.5 Å². The van der Waals surface area contributed by atoms with Crippen LogP contribution in [0.25, 0.3) is 0 Å². The third-order valence-corrected chi connectivity index (χ3v) is 6.70. The number of fused-ring (bicyclic) bond motifs is 1. The summed E-state index contributed by atoms with van der Waals surface area (Å²) in [5.74, 6) is 0.631. The Kier molecular flexibility index (Phi) is 5.92. The van der Waals surface area contributed by atoms with Gasteiger partial charge < -0.3 is 14.2 Å². The SMILES string of the molecule is CC[C@@H]1CCO[C@@H]1C(=O)NS(=O)(=O)N1CCc2cc(OC)c(OC)cc2C1. The molecule has 150 valence electrons. The van der Waals surface area contributed by atoms with Crippen LogP contribution in [-0.2, 0) is 32.7 Å². The molecule has 8 nitrogen and oxygen atoms in total. The molecule has 27 heavy (non-hydrogen) atoms. The molecule has 1 aromatic rings. The number of ether oxygens (including phenoxy) is 3. The van der Waals surface area contributed by atoms with Crippen LogP contribution < -0.4 is 14.2 Å². The van der Waals surface area contributed by atoms with Gasteiger partial charge in [0.2, 0.25) is 0 Å². The van der Waals surface area contributed by atoms with Crippen molar-refractivity contribution in [3.63, 3.8) is 0 Å². The lowest BCUT2D eigenvalue weighted by Crippen LogP contribution is -2.49. The lowest BCUT2D eigenvalue weighted by Gasteiger charge is -2.29. The van der Waals surface area contributed by atoms with E-state index in [1.54, 1.807) is 13.2 Å². The van der Waals surface area contributed by atoms with E-state index in [2.05, 4.69) is 4.72 Å². The van der Waals surface area contributed by atoms with Crippen LogP contribution in [0.15, 0.2) is 12.1 Å². The van der Waals surface area contributed by atoms with Crippen molar-refractivity contribution in [3.05, 3.63) is 23.3 Å². The monoisotopic (exact) mass is 398 g/mol. The molecule has 0 aliphatic carbocycles. The topological polar surface area (TPSA) is 94.2 Å². The molecule has 1 amide bonds. The Morgan fingerprint density at radius 1 is 1.26 bits per heavy atom. The molecule has 9 heteroatoms. The first-order valence-corrected chi connectivity index (χ1v) is 10.5. The number of hydrogen-bond donors (Lipinski definition) is 1. The normalized spacial score (nSPS) is 22.9. The Bertz CT molecular complexity index is 810. The van der Waals surface area contributed by atoms with Crippen molar-refractivity contribution in [2.24, 2.45) is 5.92 Å². The second-order valence-corrected chi connectivity index (χ2v) is 8.45. The van der Waals surface area contributed by atoms with Gasteiger partial charge in [-0.3, -0.25) is 4.79 Å². The molecule has 3 rings (SSSR count). The highest BCUT2D eigenvalue weighted by molar-refractivity contribution is 7.87. The Hall–Kier alpha value is -1.84. The number of nitrogens with one attached hydrogen (secondary N) is 1. The van der Waals surface area contributed by atoms with Gasteiger partial charge in [-0.25, -0.2) is 4.72 Å². The van der Waals surface area contributed by atoms with Crippen LogP contribution in [0.1, 0.15) is 30.9 Å². The van der Waals surface area contributed by atoms with E-state index in [4.69, 9.17) is 14.2 Å². The van der Waals surface area contributed by atoms with Gasteiger partial charge >= 0.3 is 10.2 Å². The Balaban J connectivity index is 1.74. The lowest BCUT2D eigenvalue weighted by molar-refractivity contribution is -0.129. The Labute approximate surface area is 160 Å². The number of benzene rings is 1. The van der Waals surface area contributed by atoms with Gasteiger partial charge in [0.25, 0.3) is 5.91 Å².